The Morgan fingerprint density at radius 3 is 2.15 bits per heavy atom. The van der Waals surface area contributed by atoms with E-state index in [9.17, 15) is 15.3 Å². The summed E-state index contributed by atoms with van der Waals surface area (Å²) in [6.45, 7) is -0.495. The Bertz CT molecular complexity index is 331. The van der Waals surface area contributed by atoms with Gasteiger partial charge in [-0.05, 0) is 0 Å². The van der Waals surface area contributed by atoms with E-state index in [1.165, 1.54) is 0 Å². The number of hydrogen-bond donors (Lipinski definition) is 8. The van der Waals surface area contributed by atoms with Crippen LogP contribution in [0.5, 0.6) is 0 Å². The Labute approximate surface area is 112 Å². The number of nitrogens with two attached hydrogens (primary N) is 2. The monoisotopic (exact) mass is 299 g/mol. The standard InChI is InChI=1S/C7H16N4O5.NO3/c8-7(9)11-10-6-5(15)4(14)3(13)2(1-12)16-6;2-1(3)4/h2-6,10,12-15H,1H2,(H4,8,9,11);/q;-1/p+1/t2-,3-,4+,5-,6-;/m1./s1. The molecule has 5 atom stereocenters. The highest BCUT2D eigenvalue weighted by Gasteiger charge is 2.43. The van der Waals surface area contributed by atoms with Crippen LogP contribution in [0.1, 0.15) is 0 Å². The first kappa shape index (κ1) is 18.1. The van der Waals surface area contributed by atoms with Crippen molar-refractivity contribution in [3.05, 3.63) is 15.3 Å². The van der Waals surface area contributed by atoms with Gasteiger partial charge in [0.2, 0.25) is 0 Å². The molecule has 1 fully saturated rings. The Morgan fingerprint density at radius 2 is 1.75 bits per heavy atom. The third-order valence-electron chi connectivity index (χ3n) is 2.25. The normalized spacial score (nSPS) is 32.5. The number of hydrazone groups is 1. The molecule has 13 heteroatoms. The minimum absolute atomic E-state index is 0.156. The summed E-state index contributed by atoms with van der Waals surface area (Å²) in [6.07, 6.45) is -6.25. The quantitative estimate of drug-likeness (QED) is 0.105. The Morgan fingerprint density at radius 1 is 1.25 bits per heavy atom. The van der Waals surface area contributed by atoms with E-state index in [0.717, 1.165) is 0 Å². The number of ether oxygens (including phenoxy) is 1. The van der Waals surface area contributed by atoms with E-state index in [0.29, 0.717) is 0 Å². The molecule has 0 aromatic rings. The van der Waals surface area contributed by atoms with Crippen LogP contribution >= 0.6 is 0 Å². The minimum Gasteiger partial charge on any atom is -0.394 e. The SMILES string of the molecule is NC(N)=[NH+]N[C@@H]1O[C@H](CO)[C@@H](O)[C@H](O)[C@H]1O.O=[N+]([O-])[O-]. The Balaban J connectivity index is 0.000000796. The van der Waals surface area contributed by atoms with Gasteiger partial charge < -0.3 is 40.5 Å². The van der Waals surface area contributed by atoms with Crippen molar-refractivity contribution in [1.29, 1.82) is 0 Å². The lowest BCUT2D eigenvalue weighted by molar-refractivity contribution is -0.555. The molecule has 1 heterocycles. The molecule has 0 spiro atoms. The second kappa shape index (κ2) is 8.28. The largest absolute Gasteiger partial charge is 0.394 e. The summed E-state index contributed by atoms with van der Waals surface area (Å²) in [6, 6.07) is 0. The van der Waals surface area contributed by atoms with Gasteiger partial charge in [0, 0.05) is 0 Å². The highest BCUT2D eigenvalue weighted by molar-refractivity contribution is 5.69. The van der Waals surface area contributed by atoms with E-state index < -0.39 is 42.3 Å². The van der Waals surface area contributed by atoms with Gasteiger partial charge in [0.25, 0.3) is 0 Å². The van der Waals surface area contributed by atoms with Crippen LogP contribution in [0.15, 0.2) is 0 Å². The Kier molecular flexibility index (Phi) is 7.48. The lowest BCUT2D eigenvalue weighted by Crippen LogP contribution is -2.90. The number of hydrazine groups is 1. The maximum Gasteiger partial charge on any atom is 0.360 e. The molecule has 1 rings (SSSR count). The van der Waals surface area contributed by atoms with Crippen molar-refractivity contribution < 1.29 is 35.4 Å². The lowest BCUT2D eigenvalue weighted by atomic mass is 9.99. The smallest absolute Gasteiger partial charge is 0.360 e. The van der Waals surface area contributed by atoms with E-state index in [-0.39, 0.29) is 5.96 Å². The summed E-state index contributed by atoms with van der Waals surface area (Å²) >= 11 is 0. The van der Waals surface area contributed by atoms with Gasteiger partial charge in [0.15, 0.2) is 6.23 Å². The molecule has 0 saturated carbocycles. The van der Waals surface area contributed by atoms with Crippen LogP contribution in [0.25, 0.3) is 0 Å². The predicted molar refractivity (Wildman–Crippen MR) is 61.6 cm³/mol. The zero-order valence-corrected chi connectivity index (χ0v) is 10.1. The Hall–Kier alpha value is -1.93. The first-order valence-corrected chi connectivity index (χ1v) is 5.22. The van der Waals surface area contributed by atoms with Crippen LogP contribution in [0, 0.1) is 15.3 Å². The van der Waals surface area contributed by atoms with Crippen molar-refractivity contribution in [1.82, 2.24) is 5.43 Å². The van der Waals surface area contributed by atoms with E-state index in [1.807, 2.05) is 0 Å². The molecule has 0 aliphatic carbocycles. The number of guanidine groups is 1. The van der Waals surface area contributed by atoms with Gasteiger partial charge in [-0.15, -0.1) is 0 Å². The lowest BCUT2D eigenvalue weighted by Gasteiger charge is -2.39. The highest BCUT2D eigenvalue weighted by Crippen LogP contribution is 2.18. The number of nitrogens with one attached hydrogen (secondary N) is 2. The van der Waals surface area contributed by atoms with Crippen molar-refractivity contribution in [2.24, 2.45) is 11.5 Å². The van der Waals surface area contributed by atoms with E-state index in [1.54, 1.807) is 0 Å². The van der Waals surface area contributed by atoms with Gasteiger partial charge in [0.05, 0.1) is 11.7 Å². The van der Waals surface area contributed by atoms with Crippen molar-refractivity contribution in [3.63, 3.8) is 0 Å². The molecule has 1 aliphatic rings. The summed E-state index contributed by atoms with van der Waals surface area (Å²) in [5.74, 6) is -0.156. The molecule has 0 radical (unpaired) electrons. The molecule has 1 saturated heterocycles. The number of aliphatic hydroxyl groups excluding tert-OH is 4. The fourth-order valence-electron chi connectivity index (χ4n) is 1.38. The van der Waals surface area contributed by atoms with Gasteiger partial charge in [0.1, 0.15) is 24.4 Å². The first-order chi connectivity index (χ1) is 9.20. The van der Waals surface area contributed by atoms with Gasteiger partial charge >= 0.3 is 5.96 Å². The fourth-order valence-corrected chi connectivity index (χ4v) is 1.38. The second-order valence-electron chi connectivity index (χ2n) is 3.70. The molecule has 118 valence electrons. The molecule has 0 bridgehead atoms. The fraction of sp³-hybridized carbons (Fsp3) is 0.857. The molecule has 0 aromatic carbocycles. The predicted octanol–water partition coefficient (Wildman–Crippen LogP) is -6.59. The number of nitrogens with zero attached hydrogens (tertiary/aromatic N) is 1. The average Bonchev–Trinajstić information content (AvgIpc) is 2.34. The van der Waals surface area contributed by atoms with Crippen LogP contribution in [-0.4, -0.2) is 68.7 Å². The topological polar surface area (TPSA) is 234 Å². The molecule has 0 aromatic heterocycles. The first-order valence-electron chi connectivity index (χ1n) is 5.22. The van der Waals surface area contributed by atoms with Gasteiger partial charge in [-0.2, -0.15) is 5.10 Å². The summed E-state index contributed by atoms with van der Waals surface area (Å²) in [4.78, 5) is 8.25. The van der Waals surface area contributed by atoms with E-state index in [2.05, 4.69) is 10.5 Å². The maximum atomic E-state index is 9.52. The summed E-state index contributed by atoms with van der Waals surface area (Å²) in [5, 5.41) is 54.3. The molecule has 0 unspecified atom stereocenters. The molecule has 0 amide bonds. The number of aliphatic hydroxyl groups is 4. The minimum atomic E-state index is -1.75. The van der Waals surface area contributed by atoms with Gasteiger partial charge in [-0.3, -0.25) is 16.9 Å². The summed E-state index contributed by atoms with van der Waals surface area (Å²) in [7, 11) is 0. The third-order valence-corrected chi connectivity index (χ3v) is 2.25. The van der Waals surface area contributed by atoms with Crippen LogP contribution < -0.4 is 22.0 Å². The highest BCUT2D eigenvalue weighted by atomic mass is 16.9. The van der Waals surface area contributed by atoms with Crippen LogP contribution in [0.3, 0.4) is 0 Å². The van der Waals surface area contributed by atoms with Crippen molar-refractivity contribution >= 4 is 5.96 Å². The number of hydrogen-bond acceptors (Lipinski definition) is 9. The zero-order chi connectivity index (χ0) is 15.9. The number of rotatable bonds is 3. The van der Waals surface area contributed by atoms with Crippen molar-refractivity contribution in [2.75, 3.05) is 6.61 Å². The molecule has 1 aliphatic heterocycles. The van der Waals surface area contributed by atoms with Gasteiger partial charge in [-0.1, -0.05) is 0 Å². The van der Waals surface area contributed by atoms with Crippen molar-refractivity contribution in [2.45, 2.75) is 30.6 Å². The zero-order valence-electron chi connectivity index (χ0n) is 10.1. The van der Waals surface area contributed by atoms with E-state index in [4.69, 9.17) is 36.6 Å². The molecule has 13 nitrogen and oxygen atoms in total. The van der Waals surface area contributed by atoms with Crippen LogP contribution in [0.2, 0.25) is 0 Å². The summed E-state index contributed by atoms with van der Waals surface area (Å²) in [5.41, 5.74) is 12.6. The third kappa shape index (κ3) is 5.81. The van der Waals surface area contributed by atoms with Crippen LogP contribution in [0.4, 0.5) is 0 Å². The second-order valence-corrected chi connectivity index (χ2v) is 3.70. The average molecular weight is 299 g/mol. The molecular formula is C7H17N5O8. The summed E-state index contributed by atoms with van der Waals surface area (Å²) < 4.78 is 5.07. The maximum absolute atomic E-state index is 9.52. The van der Waals surface area contributed by atoms with E-state index >= 15 is 0 Å². The van der Waals surface area contributed by atoms with Crippen LogP contribution in [-0.2, 0) is 4.74 Å². The van der Waals surface area contributed by atoms with Crippen molar-refractivity contribution in [3.8, 4) is 0 Å². The molecule has 20 heavy (non-hydrogen) atoms. The van der Waals surface area contributed by atoms with Gasteiger partial charge in [-0.25, -0.2) is 0 Å². The molecular weight excluding hydrogens is 282 g/mol. The molecule has 10 N–H and O–H groups in total.